The van der Waals surface area contributed by atoms with E-state index in [4.69, 9.17) is 11.6 Å². The van der Waals surface area contributed by atoms with Crippen LogP contribution in [0.1, 0.15) is 23.7 Å². The molecule has 0 aromatic carbocycles. The van der Waals surface area contributed by atoms with Crippen LogP contribution >= 0.6 is 22.9 Å². The number of rotatable bonds is 3. The molecule has 3 rings (SSSR count). The van der Waals surface area contributed by atoms with E-state index >= 15 is 0 Å². The number of hydrogen-bond acceptors (Lipinski definition) is 3. The second-order valence-corrected chi connectivity index (χ2v) is 7.44. The number of carbonyl (C=O) groups excluding carboxylic acids is 1. The van der Waals surface area contributed by atoms with E-state index in [9.17, 15) is 14.7 Å². The number of thiophene rings is 1. The number of likely N-dealkylation sites (tertiary alicyclic amines) is 1. The van der Waals surface area contributed by atoms with Crippen molar-refractivity contribution in [2.24, 2.45) is 5.41 Å². The molecule has 2 aromatic rings. The normalized spacial score (nSPS) is 21.3. The highest BCUT2D eigenvalue weighted by molar-refractivity contribution is 7.19. The number of aliphatic carboxylic acids is 1. The Hall–Kier alpha value is -1.79. The molecule has 2 aromatic heterocycles. The van der Waals surface area contributed by atoms with Gasteiger partial charge in [0.2, 0.25) is 0 Å². The molecule has 0 bridgehead atoms. The van der Waals surface area contributed by atoms with E-state index < -0.39 is 11.4 Å². The van der Waals surface area contributed by atoms with E-state index in [0.29, 0.717) is 22.9 Å². The van der Waals surface area contributed by atoms with E-state index in [2.05, 4.69) is 4.98 Å². The maximum atomic E-state index is 12.7. The van der Waals surface area contributed by atoms with Crippen LogP contribution in [-0.4, -0.2) is 40.0 Å². The SMILES string of the molecule is CC1(C(=O)O)CCN(C(=O)c2c[nH]cc2-c2ccc(Cl)s2)C1. The van der Waals surface area contributed by atoms with Gasteiger partial charge in [-0.1, -0.05) is 11.6 Å². The van der Waals surface area contributed by atoms with Crippen molar-refractivity contribution in [1.82, 2.24) is 9.88 Å². The number of carboxylic acids is 1. The van der Waals surface area contributed by atoms with Crippen LogP contribution < -0.4 is 0 Å². The monoisotopic (exact) mass is 338 g/mol. The van der Waals surface area contributed by atoms with Gasteiger partial charge in [0.15, 0.2) is 0 Å². The summed E-state index contributed by atoms with van der Waals surface area (Å²) in [6.07, 6.45) is 3.89. The number of halogens is 1. The zero-order valence-corrected chi connectivity index (χ0v) is 13.5. The fraction of sp³-hybridized carbons (Fsp3) is 0.333. The minimum absolute atomic E-state index is 0.147. The highest BCUT2D eigenvalue weighted by Gasteiger charge is 2.42. The summed E-state index contributed by atoms with van der Waals surface area (Å²) in [4.78, 5) is 29.5. The van der Waals surface area contributed by atoms with E-state index in [0.717, 1.165) is 10.4 Å². The van der Waals surface area contributed by atoms with Crippen LogP contribution in [0.3, 0.4) is 0 Å². The molecule has 1 aliphatic heterocycles. The Kier molecular flexibility index (Phi) is 3.74. The van der Waals surface area contributed by atoms with Gasteiger partial charge in [0.25, 0.3) is 5.91 Å². The first-order valence-corrected chi connectivity index (χ1v) is 8.05. The average Bonchev–Trinajstić information content (AvgIpc) is 3.17. The van der Waals surface area contributed by atoms with Crippen LogP contribution in [-0.2, 0) is 4.79 Å². The second-order valence-electron chi connectivity index (χ2n) is 5.73. The first kappa shape index (κ1) is 15.1. The van der Waals surface area contributed by atoms with E-state index in [1.54, 1.807) is 30.3 Å². The van der Waals surface area contributed by atoms with Crippen molar-refractivity contribution in [3.63, 3.8) is 0 Å². The Morgan fingerprint density at radius 3 is 2.77 bits per heavy atom. The standard InChI is InChI=1S/C15H15ClN2O3S/c1-15(14(20)21)4-5-18(8-15)13(19)10-7-17-6-9(10)11-2-3-12(16)22-11/h2-3,6-7,17H,4-5,8H2,1H3,(H,20,21). The van der Waals surface area contributed by atoms with E-state index in [-0.39, 0.29) is 12.5 Å². The molecule has 1 unspecified atom stereocenters. The van der Waals surface area contributed by atoms with Gasteiger partial charge in [-0.3, -0.25) is 9.59 Å². The third-order valence-corrected chi connectivity index (χ3v) is 5.36. The lowest BCUT2D eigenvalue weighted by Gasteiger charge is -2.20. The molecule has 1 saturated heterocycles. The lowest BCUT2D eigenvalue weighted by molar-refractivity contribution is -0.147. The van der Waals surface area contributed by atoms with E-state index in [1.807, 2.05) is 6.07 Å². The summed E-state index contributed by atoms with van der Waals surface area (Å²) >= 11 is 7.36. The van der Waals surface area contributed by atoms with Crippen molar-refractivity contribution in [1.29, 1.82) is 0 Å². The minimum atomic E-state index is -0.863. The Morgan fingerprint density at radius 2 is 2.18 bits per heavy atom. The van der Waals surface area contributed by atoms with Crippen molar-refractivity contribution in [3.8, 4) is 10.4 Å². The first-order valence-electron chi connectivity index (χ1n) is 6.86. The van der Waals surface area contributed by atoms with Gasteiger partial charge in [0, 0.05) is 35.9 Å². The fourth-order valence-corrected chi connectivity index (χ4v) is 3.76. The van der Waals surface area contributed by atoms with Gasteiger partial charge in [-0.05, 0) is 25.5 Å². The van der Waals surface area contributed by atoms with Gasteiger partial charge >= 0.3 is 5.97 Å². The molecule has 2 N–H and O–H groups in total. The highest BCUT2D eigenvalue weighted by atomic mass is 35.5. The fourth-order valence-electron chi connectivity index (χ4n) is 2.68. The van der Waals surface area contributed by atoms with Crippen LogP contribution in [0.25, 0.3) is 10.4 Å². The number of aromatic amines is 1. The summed E-state index contributed by atoms with van der Waals surface area (Å²) in [7, 11) is 0. The molecule has 0 radical (unpaired) electrons. The Bertz CT molecular complexity index is 739. The highest BCUT2D eigenvalue weighted by Crippen LogP contribution is 2.35. The summed E-state index contributed by atoms with van der Waals surface area (Å²) in [5.74, 6) is -1.01. The first-order chi connectivity index (χ1) is 10.4. The lowest BCUT2D eigenvalue weighted by Crippen LogP contribution is -2.34. The number of amides is 1. The molecule has 22 heavy (non-hydrogen) atoms. The molecule has 1 amide bonds. The van der Waals surface area contributed by atoms with Crippen LogP contribution in [0, 0.1) is 5.41 Å². The number of nitrogens with zero attached hydrogens (tertiary/aromatic N) is 1. The molecule has 7 heteroatoms. The number of hydrogen-bond donors (Lipinski definition) is 2. The maximum absolute atomic E-state index is 12.7. The second kappa shape index (κ2) is 5.44. The van der Waals surface area contributed by atoms with Crippen molar-refractivity contribution in [3.05, 3.63) is 34.4 Å². The van der Waals surface area contributed by atoms with Gasteiger partial charge in [-0.15, -0.1) is 11.3 Å². The van der Waals surface area contributed by atoms with Gasteiger partial charge < -0.3 is 15.0 Å². The molecule has 1 aliphatic rings. The van der Waals surface area contributed by atoms with Gasteiger partial charge in [-0.2, -0.15) is 0 Å². The van der Waals surface area contributed by atoms with Gasteiger partial charge in [-0.25, -0.2) is 0 Å². The average molecular weight is 339 g/mol. The summed E-state index contributed by atoms with van der Waals surface area (Å²) in [5, 5.41) is 9.28. The van der Waals surface area contributed by atoms with Crippen molar-refractivity contribution in [2.45, 2.75) is 13.3 Å². The summed E-state index contributed by atoms with van der Waals surface area (Å²) in [6, 6.07) is 3.67. The van der Waals surface area contributed by atoms with Crippen molar-refractivity contribution >= 4 is 34.8 Å². The molecule has 3 heterocycles. The molecule has 0 saturated carbocycles. The topological polar surface area (TPSA) is 73.4 Å². The van der Waals surface area contributed by atoms with Crippen molar-refractivity contribution in [2.75, 3.05) is 13.1 Å². The zero-order valence-electron chi connectivity index (χ0n) is 11.9. The molecule has 5 nitrogen and oxygen atoms in total. The van der Waals surface area contributed by atoms with Gasteiger partial charge in [0.1, 0.15) is 0 Å². The quantitative estimate of drug-likeness (QED) is 0.901. The Morgan fingerprint density at radius 1 is 1.41 bits per heavy atom. The number of nitrogens with one attached hydrogen (secondary N) is 1. The van der Waals surface area contributed by atoms with E-state index in [1.165, 1.54) is 11.3 Å². The number of H-pyrrole nitrogens is 1. The summed E-state index contributed by atoms with van der Waals surface area (Å²) in [5.41, 5.74) is 0.484. The van der Waals surface area contributed by atoms with Crippen LogP contribution in [0.4, 0.5) is 0 Å². The summed E-state index contributed by atoms with van der Waals surface area (Å²) in [6.45, 7) is 2.37. The zero-order chi connectivity index (χ0) is 15.9. The summed E-state index contributed by atoms with van der Waals surface area (Å²) < 4.78 is 0.661. The van der Waals surface area contributed by atoms with Crippen molar-refractivity contribution < 1.29 is 14.7 Å². The predicted octanol–water partition coefficient (Wildman–Crippen LogP) is 3.33. The Labute approximate surface area is 136 Å². The number of aromatic nitrogens is 1. The largest absolute Gasteiger partial charge is 0.481 e. The molecule has 0 aliphatic carbocycles. The smallest absolute Gasteiger partial charge is 0.311 e. The predicted molar refractivity (Wildman–Crippen MR) is 85.4 cm³/mol. The molecule has 0 spiro atoms. The molecule has 1 fully saturated rings. The van der Waals surface area contributed by atoms with Crippen LogP contribution in [0.15, 0.2) is 24.5 Å². The third kappa shape index (κ3) is 2.53. The molecule has 116 valence electrons. The molecule has 1 atom stereocenters. The third-order valence-electron chi connectivity index (χ3n) is 4.09. The van der Waals surface area contributed by atoms with Gasteiger partial charge in [0.05, 0.1) is 15.3 Å². The maximum Gasteiger partial charge on any atom is 0.311 e. The Balaban J connectivity index is 1.86. The number of carbonyl (C=O) groups is 2. The molecular weight excluding hydrogens is 324 g/mol. The number of carboxylic acid groups (broad SMARTS) is 1. The lowest BCUT2D eigenvalue weighted by atomic mass is 9.90. The minimum Gasteiger partial charge on any atom is -0.481 e. The molecular formula is C15H15ClN2O3S. The van der Waals surface area contributed by atoms with Crippen LogP contribution in [0.5, 0.6) is 0 Å². The van der Waals surface area contributed by atoms with Crippen LogP contribution in [0.2, 0.25) is 4.34 Å².